The van der Waals surface area contributed by atoms with Crippen LogP contribution in [0, 0.1) is 0 Å². The quantitative estimate of drug-likeness (QED) is 0.527. The van der Waals surface area contributed by atoms with E-state index in [0.29, 0.717) is 5.46 Å². The lowest BCUT2D eigenvalue weighted by molar-refractivity contribution is 0.426. The molecular formula is C18H23BO2. The normalized spacial score (nSPS) is 9.43. The van der Waals surface area contributed by atoms with E-state index >= 15 is 0 Å². The Balaban J connectivity index is 0.000000510. The minimum absolute atomic E-state index is 0.555. The summed E-state index contributed by atoms with van der Waals surface area (Å²) in [5.41, 5.74) is 0.555. The zero-order valence-electron chi connectivity index (χ0n) is 13.2. The van der Waals surface area contributed by atoms with Crippen molar-refractivity contribution in [1.82, 2.24) is 0 Å². The first-order valence-electron chi connectivity index (χ1n) is 7.54. The van der Waals surface area contributed by atoms with Gasteiger partial charge in [-0.15, -0.1) is 0 Å². The van der Waals surface area contributed by atoms with Crippen molar-refractivity contribution < 1.29 is 10.0 Å². The van der Waals surface area contributed by atoms with Crippen LogP contribution >= 0.6 is 0 Å². The van der Waals surface area contributed by atoms with Crippen molar-refractivity contribution >= 4 is 34.1 Å². The standard InChI is InChI=1S/C14H11BO2.2C2H6/c16-15(17)14-9-10-5-1-2-6-11(10)12-7-3-4-8-13(12)14;2*1-2/h1-9,16-17H;2*1-2H3. The number of rotatable bonds is 1. The van der Waals surface area contributed by atoms with Crippen molar-refractivity contribution in [1.29, 1.82) is 0 Å². The van der Waals surface area contributed by atoms with Crippen LogP contribution in [0.3, 0.4) is 0 Å². The summed E-state index contributed by atoms with van der Waals surface area (Å²) < 4.78 is 0. The van der Waals surface area contributed by atoms with Gasteiger partial charge in [0.05, 0.1) is 0 Å². The summed E-state index contributed by atoms with van der Waals surface area (Å²) in [7, 11) is -1.44. The average Bonchev–Trinajstić information content (AvgIpc) is 2.57. The Bertz CT molecular complexity index is 693. The van der Waals surface area contributed by atoms with Crippen LogP contribution in [0.2, 0.25) is 0 Å². The minimum Gasteiger partial charge on any atom is -0.423 e. The van der Waals surface area contributed by atoms with E-state index in [1.165, 1.54) is 0 Å². The topological polar surface area (TPSA) is 40.5 Å². The van der Waals surface area contributed by atoms with Gasteiger partial charge in [-0.1, -0.05) is 82.3 Å². The Labute approximate surface area is 127 Å². The highest BCUT2D eigenvalue weighted by Gasteiger charge is 2.16. The summed E-state index contributed by atoms with van der Waals surface area (Å²) in [6.07, 6.45) is 0. The number of hydrogen-bond acceptors (Lipinski definition) is 2. The summed E-state index contributed by atoms with van der Waals surface area (Å²) in [5.74, 6) is 0. The van der Waals surface area contributed by atoms with Crippen LogP contribution in [0.5, 0.6) is 0 Å². The fraction of sp³-hybridized carbons (Fsp3) is 0.222. The molecule has 0 saturated heterocycles. The van der Waals surface area contributed by atoms with Gasteiger partial charge in [0.2, 0.25) is 0 Å². The molecule has 0 heterocycles. The fourth-order valence-electron chi connectivity index (χ4n) is 2.30. The van der Waals surface area contributed by atoms with Gasteiger partial charge >= 0.3 is 7.12 Å². The van der Waals surface area contributed by atoms with Crippen molar-refractivity contribution in [2.24, 2.45) is 0 Å². The van der Waals surface area contributed by atoms with Crippen LogP contribution in [-0.2, 0) is 0 Å². The van der Waals surface area contributed by atoms with Crippen LogP contribution in [-0.4, -0.2) is 17.2 Å². The van der Waals surface area contributed by atoms with E-state index in [0.717, 1.165) is 21.5 Å². The molecule has 2 N–H and O–H groups in total. The van der Waals surface area contributed by atoms with E-state index in [-0.39, 0.29) is 0 Å². The summed E-state index contributed by atoms with van der Waals surface area (Å²) in [6, 6.07) is 17.6. The summed E-state index contributed by atoms with van der Waals surface area (Å²) in [4.78, 5) is 0. The first kappa shape index (κ1) is 17.2. The molecule has 0 radical (unpaired) electrons. The maximum absolute atomic E-state index is 9.44. The molecule has 3 heteroatoms. The van der Waals surface area contributed by atoms with Gasteiger partial charge in [-0.3, -0.25) is 0 Å². The van der Waals surface area contributed by atoms with Crippen LogP contribution in [0.15, 0.2) is 54.6 Å². The van der Waals surface area contributed by atoms with Crippen molar-refractivity contribution in [2.45, 2.75) is 27.7 Å². The highest BCUT2D eigenvalue weighted by molar-refractivity contribution is 6.62. The van der Waals surface area contributed by atoms with E-state index < -0.39 is 7.12 Å². The van der Waals surface area contributed by atoms with Crippen LogP contribution in [0.1, 0.15) is 27.7 Å². The first-order valence-corrected chi connectivity index (χ1v) is 7.54. The van der Waals surface area contributed by atoms with Gasteiger partial charge in [0.25, 0.3) is 0 Å². The number of fused-ring (bicyclic) bond motifs is 3. The molecule has 0 fully saturated rings. The molecule has 110 valence electrons. The van der Waals surface area contributed by atoms with Crippen molar-refractivity contribution in [3.8, 4) is 0 Å². The van der Waals surface area contributed by atoms with Crippen molar-refractivity contribution in [3.63, 3.8) is 0 Å². The molecule has 0 bridgehead atoms. The Morgan fingerprint density at radius 1 is 0.667 bits per heavy atom. The van der Waals surface area contributed by atoms with Gasteiger partial charge in [0.15, 0.2) is 0 Å². The molecular weight excluding hydrogens is 259 g/mol. The number of benzene rings is 3. The lowest BCUT2D eigenvalue weighted by Crippen LogP contribution is -2.30. The summed E-state index contributed by atoms with van der Waals surface area (Å²) >= 11 is 0. The Morgan fingerprint density at radius 2 is 1.14 bits per heavy atom. The highest BCUT2D eigenvalue weighted by Crippen LogP contribution is 2.23. The largest absolute Gasteiger partial charge is 0.489 e. The second kappa shape index (κ2) is 8.45. The van der Waals surface area contributed by atoms with Crippen LogP contribution in [0.4, 0.5) is 0 Å². The molecule has 0 aliphatic carbocycles. The van der Waals surface area contributed by atoms with Gasteiger partial charge in [0, 0.05) is 0 Å². The van der Waals surface area contributed by atoms with E-state index in [4.69, 9.17) is 0 Å². The molecule has 0 unspecified atom stereocenters. The second-order valence-corrected chi connectivity index (χ2v) is 4.11. The van der Waals surface area contributed by atoms with E-state index in [9.17, 15) is 10.0 Å². The van der Waals surface area contributed by atoms with Crippen molar-refractivity contribution in [3.05, 3.63) is 54.6 Å². The highest BCUT2D eigenvalue weighted by atomic mass is 16.4. The first-order chi connectivity index (χ1) is 10.3. The molecule has 0 aromatic heterocycles. The molecule has 2 nitrogen and oxygen atoms in total. The Morgan fingerprint density at radius 3 is 1.71 bits per heavy atom. The third kappa shape index (κ3) is 3.63. The monoisotopic (exact) mass is 282 g/mol. The Kier molecular flexibility index (Phi) is 6.93. The van der Waals surface area contributed by atoms with Gasteiger partial charge in [-0.2, -0.15) is 0 Å². The van der Waals surface area contributed by atoms with Crippen LogP contribution < -0.4 is 5.46 Å². The second-order valence-electron chi connectivity index (χ2n) is 4.11. The van der Waals surface area contributed by atoms with Gasteiger partial charge in [-0.25, -0.2) is 0 Å². The van der Waals surface area contributed by atoms with E-state index in [1.54, 1.807) is 0 Å². The molecule has 0 saturated carbocycles. The van der Waals surface area contributed by atoms with Gasteiger partial charge in [-0.05, 0) is 27.0 Å². The maximum Gasteiger partial charge on any atom is 0.489 e. The lowest BCUT2D eigenvalue weighted by atomic mass is 9.76. The predicted molar refractivity (Wildman–Crippen MR) is 94.0 cm³/mol. The zero-order chi connectivity index (χ0) is 15.8. The third-order valence-corrected chi connectivity index (χ3v) is 3.08. The molecule has 0 atom stereocenters. The maximum atomic E-state index is 9.44. The number of hydrogen-bond donors (Lipinski definition) is 2. The molecule has 0 aliphatic heterocycles. The van der Waals surface area contributed by atoms with E-state index in [1.807, 2.05) is 82.3 Å². The fourth-order valence-corrected chi connectivity index (χ4v) is 2.30. The Hall–Kier alpha value is -1.84. The smallest absolute Gasteiger partial charge is 0.423 e. The van der Waals surface area contributed by atoms with Gasteiger partial charge < -0.3 is 10.0 Å². The molecule has 21 heavy (non-hydrogen) atoms. The van der Waals surface area contributed by atoms with Gasteiger partial charge in [0.1, 0.15) is 0 Å². The molecule has 3 rings (SSSR count). The molecule has 3 aromatic carbocycles. The molecule has 3 aromatic rings. The molecule has 0 aliphatic rings. The SMILES string of the molecule is CC.CC.OB(O)c1cc2ccccc2c2ccccc12. The van der Waals surface area contributed by atoms with Crippen molar-refractivity contribution in [2.75, 3.05) is 0 Å². The third-order valence-electron chi connectivity index (χ3n) is 3.08. The van der Waals surface area contributed by atoms with Crippen LogP contribution in [0.25, 0.3) is 21.5 Å². The lowest BCUT2D eigenvalue weighted by Gasteiger charge is -2.09. The minimum atomic E-state index is -1.44. The molecule has 0 amide bonds. The van der Waals surface area contributed by atoms with E-state index in [2.05, 4.69) is 0 Å². The summed E-state index contributed by atoms with van der Waals surface area (Å²) in [5, 5.41) is 23.0. The zero-order valence-corrected chi connectivity index (χ0v) is 13.2. The summed E-state index contributed by atoms with van der Waals surface area (Å²) in [6.45, 7) is 8.00. The average molecular weight is 282 g/mol. The molecule has 0 spiro atoms. The predicted octanol–water partition coefficient (Wildman–Crippen LogP) is 3.73.